The summed E-state index contributed by atoms with van der Waals surface area (Å²) < 4.78 is 12.5. The first kappa shape index (κ1) is 7.56. The Kier molecular flexibility index (Phi) is 2.09. The van der Waals surface area contributed by atoms with Gasteiger partial charge < -0.3 is 4.11 Å². The molecular formula is C5H9FOSi. The van der Waals surface area contributed by atoms with E-state index in [1.165, 1.54) is 13.1 Å². The summed E-state index contributed by atoms with van der Waals surface area (Å²) in [7, 11) is -3.02. The van der Waals surface area contributed by atoms with Gasteiger partial charge in [0.2, 0.25) is 0 Å². The van der Waals surface area contributed by atoms with E-state index in [9.17, 15) is 8.90 Å². The molecule has 0 heterocycles. The standard InChI is InChI=1S/C5H9FOSi/c1-4-5(7)8(2,3)6/h4H,1H2,2-3H3. The number of carbonyl (C=O) groups is 1. The molecule has 0 aliphatic rings. The molecule has 0 aromatic carbocycles. The Balaban J connectivity index is 4.02. The van der Waals surface area contributed by atoms with Crippen molar-refractivity contribution in [3.8, 4) is 0 Å². The molecule has 0 atom stereocenters. The molecule has 46 valence electrons. The third kappa shape index (κ3) is 2.02. The van der Waals surface area contributed by atoms with Crippen molar-refractivity contribution < 1.29 is 8.90 Å². The molecule has 0 fully saturated rings. The molecule has 0 aliphatic heterocycles. The van der Waals surface area contributed by atoms with Crippen LogP contribution in [0.15, 0.2) is 12.7 Å². The van der Waals surface area contributed by atoms with Crippen molar-refractivity contribution >= 4 is 13.8 Å². The zero-order chi connectivity index (χ0) is 6.78. The van der Waals surface area contributed by atoms with Crippen LogP contribution in [0.3, 0.4) is 0 Å². The molecule has 0 rings (SSSR count). The van der Waals surface area contributed by atoms with E-state index < -0.39 is 13.8 Å². The minimum absolute atomic E-state index is 0.433. The second kappa shape index (κ2) is 2.22. The molecule has 0 bridgehead atoms. The van der Waals surface area contributed by atoms with Crippen molar-refractivity contribution in [1.82, 2.24) is 0 Å². The highest BCUT2D eigenvalue weighted by atomic mass is 28.4. The van der Waals surface area contributed by atoms with E-state index in [0.717, 1.165) is 6.08 Å². The summed E-state index contributed by atoms with van der Waals surface area (Å²) >= 11 is 0. The van der Waals surface area contributed by atoms with E-state index in [2.05, 4.69) is 6.58 Å². The summed E-state index contributed by atoms with van der Waals surface area (Å²) in [6.07, 6.45) is 1.05. The molecule has 0 amide bonds. The van der Waals surface area contributed by atoms with Crippen LogP contribution in [-0.2, 0) is 4.79 Å². The summed E-state index contributed by atoms with van der Waals surface area (Å²) in [5, 5.41) is -0.433. The monoisotopic (exact) mass is 132 g/mol. The highest BCUT2D eigenvalue weighted by molar-refractivity contribution is 7.00. The van der Waals surface area contributed by atoms with E-state index in [1.54, 1.807) is 0 Å². The molecule has 0 aliphatic carbocycles. The van der Waals surface area contributed by atoms with Gasteiger partial charge in [-0.15, -0.1) is 0 Å². The highest BCUT2D eigenvalue weighted by Gasteiger charge is 2.27. The average molecular weight is 132 g/mol. The van der Waals surface area contributed by atoms with Crippen molar-refractivity contribution in [2.24, 2.45) is 0 Å². The molecule has 1 nitrogen and oxygen atoms in total. The molecule has 0 aromatic heterocycles. The van der Waals surface area contributed by atoms with Gasteiger partial charge in [0.05, 0.1) is 0 Å². The molecule has 0 saturated heterocycles. The van der Waals surface area contributed by atoms with Crippen LogP contribution in [0.4, 0.5) is 4.11 Å². The number of carbonyl (C=O) groups excluding carboxylic acids is 1. The smallest absolute Gasteiger partial charge is 0.305 e. The van der Waals surface area contributed by atoms with Gasteiger partial charge in [0.25, 0.3) is 0 Å². The average Bonchev–Trinajstić information content (AvgIpc) is 1.62. The maximum atomic E-state index is 12.5. The van der Waals surface area contributed by atoms with Crippen LogP contribution < -0.4 is 0 Å². The number of halogens is 1. The summed E-state index contributed by atoms with van der Waals surface area (Å²) in [6.45, 7) is 5.86. The van der Waals surface area contributed by atoms with Crippen LogP contribution in [0.1, 0.15) is 0 Å². The Hall–Kier alpha value is -0.443. The molecule has 0 radical (unpaired) electrons. The van der Waals surface area contributed by atoms with Crippen LogP contribution in [0.5, 0.6) is 0 Å². The van der Waals surface area contributed by atoms with Gasteiger partial charge in [-0.2, -0.15) is 0 Å². The SMILES string of the molecule is C=CC(=O)[Si](C)(C)F. The van der Waals surface area contributed by atoms with E-state index in [4.69, 9.17) is 0 Å². The zero-order valence-corrected chi connectivity index (χ0v) is 6.07. The van der Waals surface area contributed by atoms with Crippen LogP contribution in [0, 0.1) is 0 Å². The van der Waals surface area contributed by atoms with Gasteiger partial charge in [-0.25, -0.2) is 0 Å². The van der Waals surface area contributed by atoms with Gasteiger partial charge in [0.1, 0.15) is 0 Å². The fourth-order valence-electron chi connectivity index (χ4n) is 0.243. The lowest BCUT2D eigenvalue weighted by atomic mass is 10.7. The second-order valence-electron chi connectivity index (χ2n) is 2.04. The minimum Gasteiger partial charge on any atom is -0.305 e. The summed E-state index contributed by atoms with van der Waals surface area (Å²) in [5.41, 5.74) is 0. The molecule has 0 aromatic rings. The predicted octanol–water partition coefficient (Wildman–Crippen LogP) is 1.46. The third-order valence-electron chi connectivity index (χ3n) is 0.771. The number of hydrogen-bond acceptors (Lipinski definition) is 1. The Morgan fingerprint density at radius 3 is 2.12 bits per heavy atom. The largest absolute Gasteiger partial charge is 0.315 e. The van der Waals surface area contributed by atoms with E-state index in [-0.39, 0.29) is 0 Å². The Morgan fingerprint density at radius 2 is 2.12 bits per heavy atom. The quantitative estimate of drug-likeness (QED) is 0.316. The maximum absolute atomic E-state index is 12.5. The summed E-state index contributed by atoms with van der Waals surface area (Å²) in [6, 6.07) is 0. The van der Waals surface area contributed by atoms with E-state index in [0.29, 0.717) is 0 Å². The van der Waals surface area contributed by atoms with E-state index >= 15 is 0 Å². The van der Waals surface area contributed by atoms with Crippen LogP contribution in [0.2, 0.25) is 13.1 Å². The van der Waals surface area contributed by atoms with Crippen molar-refractivity contribution in [3.63, 3.8) is 0 Å². The Bertz CT molecular complexity index is 114. The molecule has 0 spiro atoms. The summed E-state index contributed by atoms with van der Waals surface area (Å²) in [5.74, 6) is 0. The van der Waals surface area contributed by atoms with Crippen molar-refractivity contribution in [2.45, 2.75) is 13.1 Å². The van der Waals surface area contributed by atoms with Crippen molar-refractivity contribution in [3.05, 3.63) is 12.7 Å². The van der Waals surface area contributed by atoms with Gasteiger partial charge in [0, 0.05) is 0 Å². The number of hydrogen-bond donors (Lipinski definition) is 0. The molecule has 0 unspecified atom stereocenters. The second-order valence-corrected chi connectivity index (χ2v) is 5.48. The molecule has 0 N–H and O–H groups in total. The molecular weight excluding hydrogens is 123 g/mol. The van der Waals surface area contributed by atoms with Gasteiger partial charge >= 0.3 is 8.41 Å². The minimum atomic E-state index is -3.02. The topological polar surface area (TPSA) is 17.1 Å². The first-order chi connectivity index (χ1) is 3.48. The lowest BCUT2D eigenvalue weighted by Crippen LogP contribution is -2.29. The highest BCUT2D eigenvalue weighted by Crippen LogP contribution is 2.03. The van der Waals surface area contributed by atoms with Gasteiger partial charge in [-0.05, 0) is 19.2 Å². The zero-order valence-electron chi connectivity index (χ0n) is 5.07. The Morgan fingerprint density at radius 1 is 1.75 bits per heavy atom. The summed E-state index contributed by atoms with van der Waals surface area (Å²) in [4.78, 5) is 10.4. The predicted molar refractivity (Wildman–Crippen MR) is 33.8 cm³/mol. The normalized spacial score (nSPS) is 10.9. The van der Waals surface area contributed by atoms with Crippen molar-refractivity contribution in [2.75, 3.05) is 0 Å². The van der Waals surface area contributed by atoms with Gasteiger partial charge in [0.15, 0.2) is 5.41 Å². The molecule has 0 saturated carbocycles. The van der Waals surface area contributed by atoms with Crippen LogP contribution in [-0.4, -0.2) is 13.8 Å². The van der Waals surface area contributed by atoms with E-state index in [1.807, 2.05) is 0 Å². The number of rotatable bonds is 2. The third-order valence-corrected chi connectivity index (χ3v) is 2.15. The molecule has 8 heavy (non-hydrogen) atoms. The fraction of sp³-hybridized carbons (Fsp3) is 0.400. The molecule has 3 heteroatoms. The van der Waals surface area contributed by atoms with Crippen LogP contribution in [0.25, 0.3) is 0 Å². The first-order valence-electron chi connectivity index (χ1n) is 2.34. The lowest BCUT2D eigenvalue weighted by molar-refractivity contribution is -0.109. The maximum Gasteiger partial charge on any atom is 0.315 e. The van der Waals surface area contributed by atoms with Crippen LogP contribution >= 0.6 is 0 Å². The van der Waals surface area contributed by atoms with Gasteiger partial charge in [-0.3, -0.25) is 4.79 Å². The Labute approximate surface area is 49.4 Å². The first-order valence-corrected chi connectivity index (χ1v) is 5.22. The fourth-order valence-corrected chi connectivity index (χ4v) is 0.728. The van der Waals surface area contributed by atoms with Gasteiger partial charge in [-0.1, -0.05) is 6.58 Å². The lowest BCUT2D eigenvalue weighted by Gasteiger charge is -2.02. The van der Waals surface area contributed by atoms with Crippen molar-refractivity contribution in [1.29, 1.82) is 0 Å². The number of allylic oxidation sites excluding steroid dienone is 1.